The van der Waals surface area contributed by atoms with Gasteiger partial charge < -0.3 is 4.74 Å². The van der Waals surface area contributed by atoms with E-state index in [1.54, 1.807) is 7.11 Å². The summed E-state index contributed by atoms with van der Waals surface area (Å²) in [4.78, 5) is 0. The predicted octanol–water partition coefficient (Wildman–Crippen LogP) is 5.13. The second kappa shape index (κ2) is 27.0. The Kier molecular flexibility index (Phi) is 34.1. The average molecular weight is 624 g/mol. The van der Waals surface area contributed by atoms with Crippen LogP contribution < -0.4 is 4.74 Å². The van der Waals surface area contributed by atoms with Crippen molar-refractivity contribution in [2.75, 3.05) is 7.11 Å². The summed E-state index contributed by atoms with van der Waals surface area (Å²) in [7, 11) is 2.37. The van der Waals surface area contributed by atoms with Gasteiger partial charge in [-0.05, 0) is 63.1 Å². The molecule has 1 unspecified atom stereocenters. The maximum absolute atomic E-state index is 7.50. The first-order valence-electron chi connectivity index (χ1n) is 8.15. The van der Waals surface area contributed by atoms with Gasteiger partial charge in [0.25, 0.3) is 0 Å². The summed E-state index contributed by atoms with van der Waals surface area (Å²) >= 11 is 0. The van der Waals surface area contributed by atoms with E-state index in [0.717, 1.165) is 5.75 Å². The number of hydrogen-bond donors (Lipinski definition) is 0. The van der Waals surface area contributed by atoms with Gasteiger partial charge in [0.2, 0.25) is 0 Å². The molecular formula is C23H23NO6PW. The zero-order chi connectivity index (χ0) is 25.6. The molecule has 1 aliphatic carbocycles. The number of rotatable bonds is 2. The Morgan fingerprint density at radius 1 is 0.656 bits per heavy atom. The van der Waals surface area contributed by atoms with Gasteiger partial charge in [0.05, 0.1) is 21.3 Å². The van der Waals surface area contributed by atoms with Crippen LogP contribution >= 0.6 is 8.73 Å². The third-order valence-corrected chi connectivity index (χ3v) is 5.14. The first-order valence-corrected chi connectivity index (χ1v) is 9.10. The van der Waals surface area contributed by atoms with Crippen LogP contribution in [0, 0.1) is 39.2 Å². The molecule has 0 saturated carbocycles. The van der Waals surface area contributed by atoms with Gasteiger partial charge in [-0.25, -0.2) is 0 Å². The minimum Gasteiger partial charge on any atom is 0 e. The predicted molar refractivity (Wildman–Crippen MR) is 113 cm³/mol. The van der Waals surface area contributed by atoms with Crippen LogP contribution in [0.3, 0.4) is 0 Å². The van der Waals surface area contributed by atoms with Gasteiger partial charge in [0.1, 0.15) is 5.75 Å². The molecule has 1 heterocycles. The number of allylic oxidation sites excluding steroid dienone is 4. The Bertz CT molecular complexity index is 787. The van der Waals surface area contributed by atoms with E-state index in [9.17, 15) is 0 Å². The second-order valence-electron chi connectivity index (χ2n) is 5.43. The van der Waals surface area contributed by atoms with Crippen molar-refractivity contribution in [1.82, 2.24) is 0 Å². The van der Waals surface area contributed by atoms with E-state index < -0.39 is 0 Å². The first kappa shape index (κ1) is 40.4. The van der Waals surface area contributed by atoms with Crippen LogP contribution in [0.15, 0.2) is 51.3 Å². The molecule has 0 aromatic heterocycles. The zero-order valence-corrected chi connectivity index (χ0v) is 22.5. The Balaban J connectivity index is -0.000000107. The smallest absolute Gasteiger partial charge is 0 e. The van der Waals surface area contributed by atoms with Gasteiger partial charge in [-0.2, -0.15) is 0 Å². The molecule has 0 spiro atoms. The summed E-state index contributed by atoms with van der Waals surface area (Å²) in [5, 5.41) is 0. The molecule has 7 nitrogen and oxygen atoms in total. The third kappa shape index (κ3) is 14.9. The van der Waals surface area contributed by atoms with Gasteiger partial charge in [-0.15, -0.1) is 0 Å². The molecule has 167 valence electrons. The molecule has 32 heavy (non-hydrogen) atoms. The van der Waals surface area contributed by atoms with Gasteiger partial charge in [0, 0.05) is 32.5 Å². The summed E-state index contributed by atoms with van der Waals surface area (Å²) in [5.74, 6) is 2.37. The van der Waals surface area contributed by atoms with E-state index in [1.165, 1.54) is 39.2 Å². The Labute approximate surface area is 206 Å². The molecule has 1 radical (unpaired) electrons. The molecule has 0 bridgehead atoms. The third-order valence-electron chi connectivity index (χ3n) is 4.40. The molecule has 0 N–H and O–H groups in total. The number of ether oxygens (including phenoxy) is 1. The molecule has 9 heteroatoms. The molecule has 1 aromatic carbocycles. The fraction of sp³-hybridized carbons (Fsp3) is 0.261. The van der Waals surface area contributed by atoms with Crippen molar-refractivity contribution in [3.05, 3.63) is 91.3 Å². The number of nitrogens with zero attached hydrogens (tertiary/aromatic N) is 1. The van der Waals surface area contributed by atoms with Crippen LogP contribution in [0.5, 0.6) is 5.75 Å². The summed E-state index contributed by atoms with van der Waals surface area (Å²) in [6, 6.07) is 8.00. The monoisotopic (exact) mass is 624 g/mol. The van der Waals surface area contributed by atoms with Crippen molar-refractivity contribution in [2.45, 2.75) is 34.6 Å². The second-order valence-corrected chi connectivity index (χ2v) is 6.35. The minimum absolute atomic E-state index is 0. The Morgan fingerprint density at radius 3 is 1.16 bits per heavy atom. The number of hydrogen-bond acceptors (Lipinski definition) is 2. The topological polar surface area (TPSA) is 121 Å². The summed E-state index contributed by atoms with van der Waals surface area (Å²) in [5.41, 5.74) is 8.33. The Hall–Kier alpha value is -2.01. The number of benzene rings is 1. The summed E-state index contributed by atoms with van der Waals surface area (Å²) < 4.78 is 46.7. The largest absolute Gasteiger partial charge is 0 e. The summed E-state index contributed by atoms with van der Waals surface area (Å²) in [6.07, 6.45) is 0. The molecule has 2 aliphatic rings. The van der Waals surface area contributed by atoms with E-state index in [1.807, 2.05) is 24.3 Å². The average Bonchev–Trinajstić information content (AvgIpc) is 3.71. The van der Waals surface area contributed by atoms with E-state index >= 15 is 0 Å². The van der Waals surface area contributed by atoms with Crippen LogP contribution in [0.4, 0.5) is 0 Å². The molecule has 0 fully saturated rings. The van der Waals surface area contributed by atoms with E-state index in [2.05, 4.69) is 72.6 Å². The maximum atomic E-state index is 7.50. The molecule has 3 rings (SSSR count). The van der Waals surface area contributed by atoms with Crippen molar-refractivity contribution < 1.29 is 49.1 Å². The standard InChI is InChI=1S/C10H15.C8H8NOP.5CO.W/c1-6-7(2)9(4)10(5)8(6)3;1-10-7-4-2-6(3-5-7)8-9-11-8;5*1-2;/h1-5H3;2-5,11H,1H3;;;;;;. The van der Waals surface area contributed by atoms with E-state index in [4.69, 9.17) is 28.0 Å². The molecule has 1 aliphatic heterocycles. The van der Waals surface area contributed by atoms with Crippen LogP contribution in [0.1, 0.15) is 40.2 Å². The molecule has 1 aromatic rings. The normalized spacial score (nSPS) is 12.6. The molecule has 1 atom stereocenters. The number of methoxy groups -OCH3 is 1. The SMILES string of the molecule is COc1ccc(C2=NP2)cc1.C[C]1C(C)=C(C)C(C)=C1C.[C-]#[O+].[C-]#[O+].[C-]#[O+].[C-]#[O+].[C-]#[O+].[W]. The first-order chi connectivity index (χ1) is 15.0. The van der Waals surface area contributed by atoms with E-state index in [-0.39, 0.29) is 21.1 Å². The van der Waals surface area contributed by atoms with Crippen LogP contribution in [0.2, 0.25) is 0 Å². The molecule has 0 amide bonds. The molecular weight excluding hydrogens is 601 g/mol. The van der Waals surface area contributed by atoms with Crippen molar-refractivity contribution >= 4 is 14.2 Å². The maximum Gasteiger partial charge on any atom is 0 e. The van der Waals surface area contributed by atoms with Crippen LogP contribution in [-0.4, -0.2) is 12.6 Å². The van der Waals surface area contributed by atoms with Crippen LogP contribution in [0.25, 0.3) is 0 Å². The quantitative estimate of drug-likeness (QED) is 0.253. The van der Waals surface area contributed by atoms with Crippen molar-refractivity contribution in [3.8, 4) is 5.75 Å². The van der Waals surface area contributed by atoms with Gasteiger partial charge in [0.15, 0.2) is 0 Å². The van der Waals surface area contributed by atoms with Crippen molar-refractivity contribution in [3.63, 3.8) is 0 Å². The van der Waals surface area contributed by atoms with Crippen molar-refractivity contribution in [1.29, 1.82) is 0 Å². The van der Waals surface area contributed by atoms with Gasteiger partial charge in [-0.1, -0.05) is 18.1 Å². The van der Waals surface area contributed by atoms with E-state index in [0.29, 0.717) is 8.73 Å². The van der Waals surface area contributed by atoms with Gasteiger partial charge >= 0.3 is 56.5 Å². The molecule has 0 saturated heterocycles. The fourth-order valence-electron chi connectivity index (χ4n) is 2.31. The van der Waals surface area contributed by atoms with Crippen molar-refractivity contribution in [2.24, 2.45) is 4.76 Å². The zero-order valence-electron chi connectivity index (χ0n) is 18.6. The minimum atomic E-state index is 0. The fourth-order valence-corrected chi connectivity index (χ4v) is 2.79. The Morgan fingerprint density at radius 2 is 0.969 bits per heavy atom. The summed E-state index contributed by atoms with van der Waals surface area (Å²) in [6.45, 7) is 33.5. The van der Waals surface area contributed by atoms with Gasteiger partial charge in [-0.3, -0.25) is 4.76 Å². The van der Waals surface area contributed by atoms with Crippen LogP contribution in [-0.2, 0) is 44.3 Å².